The maximum Gasteiger partial charge on any atom is 0.0740 e. The normalized spacial score (nSPS) is 30.4. The smallest absolute Gasteiger partial charge is 0.0740 e. The minimum absolute atomic E-state index is 0.235. The Kier molecular flexibility index (Phi) is 3.52. The van der Waals surface area contributed by atoms with Crippen molar-refractivity contribution in [3.8, 4) is 0 Å². The summed E-state index contributed by atoms with van der Waals surface area (Å²) < 4.78 is 6.71. The molecule has 84 valence electrons. The van der Waals surface area contributed by atoms with Crippen LogP contribution in [0.25, 0.3) is 0 Å². The molecule has 0 amide bonds. The van der Waals surface area contributed by atoms with Gasteiger partial charge in [-0.25, -0.2) is 9.44 Å². The van der Waals surface area contributed by atoms with Crippen molar-refractivity contribution in [2.45, 2.75) is 53.9 Å². The summed E-state index contributed by atoms with van der Waals surface area (Å²) in [5.41, 5.74) is 0.469. The first-order valence-electron chi connectivity index (χ1n) is 5.14. The minimum Gasteiger partial charge on any atom is -0.284 e. The first-order valence-corrected chi connectivity index (χ1v) is 5.96. The minimum atomic E-state index is 0.235. The molecule has 1 aliphatic rings. The maximum absolute atomic E-state index is 3.59. The average Bonchev–Trinajstić information content (AvgIpc) is 2.01. The van der Waals surface area contributed by atoms with E-state index in [1.807, 2.05) is 0 Å². The van der Waals surface area contributed by atoms with Gasteiger partial charge in [0, 0.05) is 12.1 Å². The van der Waals surface area contributed by atoms with Crippen LogP contribution in [0.5, 0.6) is 0 Å². The molecule has 14 heavy (non-hydrogen) atoms. The third-order valence-electron chi connectivity index (χ3n) is 2.42. The van der Waals surface area contributed by atoms with Crippen LogP contribution in [0.1, 0.15) is 41.5 Å². The Bertz CT molecular complexity index is 173. The highest BCUT2D eigenvalue weighted by molar-refractivity contribution is 7.95. The summed E-state index contributed by atoms with van der Waals surface area (Å²) in [6.07, 6.45) is 0.691. The van der Waals surface area contributed by atoms with E-state index in [9.17, 15) is 0 Å². The number of rotatable bonds is 0. The van der Waals surface area contributed by atoms with Gasteiger partial charge in [0.15, 0.2) is 0 Å². The second-order valence-corrected chi connectivity index (χ2v) is 6.78. The third-order valence-corrected chi connectivity index (χ3v) is 3.13. The van der Waals surface area contributed by atoms with Gasteiger partial charge in [-0.3, -0.25) is 5.32 Å². The maximum atomic E-state index is 3.59. The average molecular weight is 217 g/mol. The molecule has 3 N–H and O–H groups in total. The molecule has 3 nitrogen and oxygen atoms in total. The Balaban J connectivity index is 2.61. The van der Waals surface area contributed by atoms with Gasteiger partial charge in [0.2, 0.25) is 0 Å². The Morgan fingerprint density at radius 1 is 0.786 bits per heavy atom. The van der Waals surface area contributed by atoms with Crippen LogP contribution in [0.4, 0.5) is 0 Å². The van der Waals surface area contributed by atoms with Crippen molar-refractivity contribution in [1.82, 2.24) is 14.8 Å². The second kappa shape index (κ2) is 4.00. The van der Waals surface area contributed by atoms with Crippen molar-refractivity contribution in [1.29, 1.82) is 0 Å². The zero-order valence-corrected chi connectivity index (χ0v) is 10.9. The highest BCUT2D eigenvalue weighted by atomic mass is 32.2. The summed E-state index contributed by atoms with van der Waals surface area (Å²) in [6.45, 7) is 13.4. The van der Waals surface area contributed by atoms with Gasteiger partial charge in [0.1, 0.15) is 0 Å². The number of nitrogens with one attached hydrogen (secondary N) is 3. The number of hydrogen-bond acceptors (Lipinski definition) is 4. The summed E-state index contributed by atoms with van der Waals surface area (Å²) in [6, 6.07) is 0. The van der Waals surface area contributed by atoms with Crippen molar-refractivity contribution >= 4 is 12.1 Å². The summed E-state index contributed by atoms with van der Waals surface area (Å²) in [5, 5.41) is 3.59. The standard InChI is InChI=1S/C10H23N3S/c1-9(2,3)7-11-8(10(4,5)6)13-14-12-7/h7-8,11-13H,1-6H3. The quantitative estimate of drug-likeness (QED) is 0.543. The van der Waals surface area contributed by atoms with Crippen LogP contribution in [0, 0.1) is 10.8 Å². The summed E-state index contributed by atoms with van der Waals surface area (Å²) in [4.78, 5) is 0. The molecule has 2 unspecified atom stereocenters. The lowest BCUT2D eigenvalue weighted by Crippen LogP contribution is -2.64. The summed E-state index contributed by atoms with van der Waals surface area (Å²) >= 11 is 1.60. The highest BCUT2D eigenvalue weighted by Gasteiger charge is 2.35. The third kappa shape index (κ3) is 3.12. The Hall–Kier alpha value is 0.230. The van der Waals surface area contributed by atoms with Crippen LogP contribution < -0.4 is 14.8 Å². The fourth-order valence-corrected chi connectivity index (χ4v) is 2.39. The van der Waals surface area contributed by atoms with E-state index in [0.29, 0.717) is 12.3 Å². The molecule has 0 spiro atoms. The highest BCUT2D eigenvalue weighted by Crippen LogP contribution is 2.26. The Labute approximate surface area is 92.1 Å². The second-order valence-electron chi connectivity index (χ2n) is 6.10. The Morgan fingerprint density at radius 3 is 1.43 bits per heavy atom. The van der Waals surface area contributed by atoms with Crippen molar-refractivity contribution in [3.05, 3.63) is 0 Å². The molecule has 4 heteroatoms. The lowest BCUT2D eigenvalue weighted by Gasteiger charge is -2.43. The summed E-state index contributed by atoms with van der Waals surface area (Å²) in [5.74, 6) is 0. The molecule has 0 aromatic heterocycles. The van der Waals surface area contributed by atoms with E-state index >= 15 is 0 Å². The van der Waals surface area contributed by atoms with Gasteiger partial charge in [0.25, 0.3) is 0 Å². The van der Waals surface area contributed by atoms with Crippen LogP contribution in [-0.2, 0) is 0 Å². The molecule has 0 radical (unpaired) electrons. The molecular weight excluding hydrogens is 194 g/mol. The van der Waals surface area contributed by atoms with Gasteiger partial charge in [0.05, 0.1) is 12.3 Å². The van der Waals surface area contributed by atoms with Crippen LogP contribution >= 0.6 is 12.1 Å². The molecule has 1 fully saturated rings. The molecule has 0 bridgehead atoms. The first kappa shape index (κ1) is 12.3. The van der Waals surface area contributed by atoms with Gasteiger partial charge in [-0.1, -0.05) is 41.5 Å². The fourth-order valence-electron chi connectivity index (χ4n) is 1.24. The van der Waals surface area contributed by atoms with Crippen molar-refractivity contribution in [3.63, 3.8) is 0 Å². The summed E-state index contributed by atoms with van der Waals surface area (Å²) in [7, 11) is 0. The molecule has 0 aliphatic carbocycles. The van der Waals surface area contributed by atoms with Crippen LogP contribution in [0.3, 0.4) is 0 Å². The van der Waals surface area contributed by atoms with Crippen molar-refractivity contribution in [2.75, 3.05) is 0 Å². The fraction of sp³-hybridized carbons (Fsp3) is 1.00. The molecule has 0 aromatic rings. The molecule has 0 saturated carbocycles. The van der Waals surface area contributed by atoms with Crippen LogP contribution in [0.15, 0.2) is 0 Å². The van der Waals surface area contributed by atoms with E-state index in [1.165, 1.54) is 0 Å². The molecular formula is C10H23N3S. The molecule has 0 aromatic carbocycles. The van der Waals surface area contributed by atoms with E-state index < -0.39 is 0 Å². The van der Waals surface area contributed by atoms with Gasteiger partial charge in [-0.15, -0.1) is 0 Å². The zero-order chi connectivity index (χ0) is 11.0. The molecule has 1 aliphatic heterocycles. The van der Waals surface area contributed by atoms with Gasteiger partial charge >= 0.3 is 0 Å². The molecule has 1 rings (SSSR count). The first-order chi connectivity index (χ1) is 6.21. The van der Waals surface area contributed by atoms with E-state index in [2.05, 4.69) is 56.3 Å². The number of hydrogen-bond donors (Lipinski definition) is 3. The molecule has 1 saturated heterocycles. The van der Waals surface area contributed by atoms with Gasteiger partial charge < -0.3 is 0 Å². The van der Waals surface area contributed by atoms with Crippen LogP contribution in [0.2, 0.25) is 0 Å². The predicted molar refractivity (Wildman–Crippen MR) is 63.5 cm³/mol. The van der Waals surface area contributed by atoms with Gasteiger partial charge in [-0.05, 0) is 10.8 Å². The largest absolute Gasteiger partial charge is 0.284 e. The molecule has 2 atom stereocenters. The predicted octanol–water partition coefficient (Wildman–Crippen LogP) is 2.08. The van der Waals surface area contributed by atoms with Crippen molar-refractivity contribution in [2.24, 2.45) is 10.8 Å². The Morgan fingerprint density at radius 2 is 1.14 bits per heavy atom. The molecule has 1 heterocycles. The lowest BCUT2D eigenvalue weighted by molar-refractivity contribution is 0.160. The van der Waals surface area contributed by atoms with E-state index in [-0.39, 0.29) is 10.8 Å². The van der Waals surface area contributed by atoms with Crippen LogP contribution in [-0.4, -0.2) is 12.3 Å². The zero-order valence-electron chi connectivity index (χ0n) is 10.1. The topological polar surface area (TPSA) is 36.1 Å². The van der Waals surface area contributed by atoms with E-state index in [1.54, 1.807) is 12.1 Å². The lowest BCUT2D eigenvalue weighted by atomic mass is 9.89. The van der Waals surface area contributed by atoms with E-state index in [0.717, 1.165) is 0 Å². The van der Waals surface area contributed by atoms with Gasteiger partial charge in [-0.2, -0.15) is 0 Å². The SMILES string of the molecule is CC(C)(C)C1NSNC(C(C)(C)C)N1. The van der Waals surface area contributed by atoms with Crippen molar-refractivity contribution < 1.29 is 0 Å². The monoisotopic (exact) mass is 217 g/mol. The van der Waals surface area contributed by atoms with E-state index in [4.69, 9.17) is 0 Å².